The lowest BCUT2D eigenvalue weighted by Gasteiger charge is -2.33. The quantitative estimate of drug-likeness (QED) is 0.469. The Morgan fingerprint density at radius 2 is 1.86 bits per heavy atom. The lowest BCUT2D eigenvalue weighted by atomic mass is 9.88. The zero-order valence-corrected chi connectivity index (χ0v) is 17.8. The number of ether oxygens (including phenoxy) is 3. The van der Waals surface area contributed by atoms with E-state index in [2.05, 4.69) is 23.3 Å². The minimum atomic E-state index is -0.222. The molecule has 154 valence electrons. The Bertz CT molecular complexity index is 863. The lowest BCUT2D eigenvalue weighted by molar-refractivity contribution is 0.350. The van der Waals surface area contributed by atoms with E-state index in [1.165, 1.54) is 0 Å². The second kappa shape index (κ2) is 9.65. The van der Waals surface area contributed by atoms with Crippen molar-refractivity contribution < 1.29 is 14.2 Å². The van der Waals surface area contributed by atoms with Crippen molar-refractivity contribution in [2.45, 2.75) is 31.2 Å². The summed E-state index contributed by atoms with van der Waals surface area (Å²) in [5.74, 6) is 2.22. The third-order valence-corrected chi connectivity index (χ3v) is 5.41. The van der Waals surface area contributed by atoms with Crippen molar-refractivity contribution in [2.24, 2.45) is 0 Å². The molecule has 0 aromatic heterocycles. The molecule has 0 heterocycles. The first-order valence-electron chi connectivity index (χ1n) is 9.75. The molecule has 1 aliphatic carbocycles. The van der Waals surface area contributed by atoms with Crippen LogP contribution in [0.2, 0.25) is 0 Å². The van der Waals surface area contributed by atoms with E-state index in [1.807, 2.05) is 36.4 Å². The summed E-state index contributed by atoms with van der Waals surface area (Å²) in [4.78, 5) is 0. The van der Waals surface area contributed by atoms with E-state index in [4.69, 9.17) is 26.4 Å². The highest BCUT2D eigenvalue weighted by Crippen LogP contribution is 2.41. The molecule has 0 bridgehead atoms. The molecule has 0 saturated heterocycles. The minimum absolute atomic E-state index is 0.222. The van der Waals surface area contributed by atoms with Crippen LogP contribution in [-0.4, -0.2) is 25.9 Å². The summed E-state index contributed by atoms with van der Waals surface area (Å²) in [5, 5.41) is 7.45. The van der Waals surface area contributed by atoms with E-state index in [-0.39, 0.29) is 5.54 Å². The van der Waals surface area contributed by atoms with Gasteiger partial charge in [-0.1, -0.05) is 37.6 Å². The lowest BCUT2D eigenvalue weighted by Crippen LogP contribution is -2.45. The molecule has 5 nitrogen and oxygen atoms in total. The molecule has 2 N–H and O–H groups in total. The van der Waals surface area contributed by atoms with Gasteiger partial charge in [-0.2, -0.15) is 0 Å². The predicted molar refractivity (Wildman–Crippen MR) is 121 cm³/mol. The normalized spacial score (nSPS) is 14.7. The Balaban J connectivity index is 1.77. The van der Waals surface area contributed by atoms with Crippen LogP contribution in [0.25, 0.3) is 0 Å². The van der Waals surface area contributed by atoms with Gasteiger partial charge in [0, 0.05) is 11.8 Å². The van der Waals surface area contributed by atoms with E-state index < -0.39 is 0 Å². The number of anilines is 1. The Labute approximate surface area is 178 Å². The van der Waals surface area contributed by atoms with E-state index >= 15 is 0 Å². The first-order valence-corrected chi connectivity index (χ1v) is 10.2. The molecular formula is C23H28N2O3S. The van der Waals surface area contributed by atoms with E-state index in [0.717, 1.165) is 54.2 Å². The number of rotatable bonds is 8. The van der Waals surface area contributed by atoms with E-state index in [0.29, 0.717) is 11.7 Å². The highest BCUT2D eigenvalue weighted by atomic mass is 32.1. The first kappa shape index (κ1) is 21.0. The maximum atomic E-state index is 5.65. The molecule has 2 aromatic carbocycles. The van der Waals surface area contributed by atoms with Gasteiger partial charge in [0.1, 0.15) is 12.4 Å². The highest BCUT2D eigenvalue weighted by molar-refractivity contribution is 7.80. The van der Waals surface area contributed by atoms with Crippen molar-refractivity contribution >= 4 is 23.0 Å². The molecule has 0 amide bonds. The molecule has 3 rings (SSSR count). The van der Waals surface area contributed by atoms with Crippen molar-refractivity contribution in [3.63, 3.8) is 0 Å². The van der Waals surface area contributed by atoms with Gasteiger partial charge in [-0.3, -0.25) is 0 Å². The number of hydrogen-bond donors (Lipinski definition) is 2. The van der Waals surface area contributed by atoms with Gasteiger partial charge in [0.05, 0.1) is 19.8 Å². The summed E-state index contributed by atoms with van der Waals surface area (Å²) in [7, 11) is 3.30. The Morgan fingerprint density at radius 1 is 1.10 bits per heavy atom. The number of nitrogens with one attached hydrogen (secondary N) is 2. The summed E-state index contributed by atoms with van der Waals surface area (Å²) in [6, 6.07) is 13.8. The van der Waals surface area contributed by atoms with E-state index in [9.17, 15) is 0 Å². The molecule has 1 fully saturated rings. The van der Waals surface area contributed by atoms with Gasteiger partial charge in [0.15, 0.2) is 16.6 Å². The third-order valence-electron chi connectivity index (χ3n) is 5.21. The van der Waals surface area contributed by atoms with Crippen molar-refractivity contribution in [3.05, 3.63) is 60.7 Å². The summed E-state index contributed by atoms with van der Waals surface area (Å²) in [5.41, 5.74) is 1.81. The molecule has 0 radical (unpaired) electrons. The first-order chi connectivity index (χ1) is 14.1. The number of hydrogen-bond acceptors (Lipinski definition) is 4. The van der Waals surface area contributed by atoms with Gasteiger partial charge in [-0.05, 0) is 54.9 Å². The predicted octanol–water partition coefficient (Wildman–Crippen LogP) is 5.02. The van der Waals surface area contributed by atoms with Crippen molar-refractivity contribution in [1.29, 1.82) is 0 Å². The van der Waals surface area contributed by atoms with Gasteiger partial charge >= 0.3 is 0 Å². The molecule has 2 aromatic rings. The average molecular weight is 413 g/mol. The molecular weight excluding hydrogens is 384 g/mol. The van der Waals surface area contributed by atoms with Crippen molar-refractivity contribution in [1.82, 2.24) is 5.32 Å². The fourth-order valence-electron chi connectivity index (χ4n) is 3.80. The zero-order chi connectivity index (χ0) is 20.7. The van der Waals surface area contributed by atoms with Gasteiger partial charge in [-0.15, -0.1) is 0 Å². The van der Waals surface area contributed by atoms with Crippen molar-refractivity contribution in [3.8, 4) is 17.2 Å². The highest BCUT2D eigenvalue weighted by Gasteiger charge is 2.37. The van der Waals surface area contributed by atoms with Crippen LogP contribution in [0.4, 0.5) is 5.69 Å². The van der Waals surface area contributed by atoms with Gasteiger partial charge in [-0.25, -0.2) is 0 Å². The van der Waals surface area contributed by atoms with Gasteiger partial charge in [0.25, 0.3) is 0 Å². The van der Waals surface area contributed by atoms with E-state index in [1.54, 1.807) is 20.3 Å². The van der Waals surface area contributed by atoms with Gasteiger partial charge in [0.2, 0.25) is 0 Å². The fourth-order valence-corrected chi connectivity index (χ4v) is 4.11. The monoisotopic (exact) mass is 412 g/mol. The largest absolute Gasteiger partial charge is 0.493 e. The fraction of sp³-hybridized carbons (Fsp3) is 0.348. The topological polar surface area (TPSA) is 51.8 Å². The summed E-state index contributed by atoms with van der Waals surface area (Å²) in [6.45, 7) is 4.14. The third kappa shape index (κ3) is 5.01. The minimum Gasteiger partial charge on any atom is -0.493 e. The smallest absolute Gasteiger partial charge is 0.171 e. The van der Waals surface area contributed by atoms with Crippen LogP contribution in [0, 0.1) is 0 Å². The van der Waals surface area contributed by atoms with Crippen LogP contribution in [0.15, 0.2) is 55.1 Å². The molecule has 0 unspecified atom stereocenters. The Kier molecular flexibility index (Phi) is 6.99. The molecule has 1 saturated carbocycles. The summed E-state index contributed by atoms with van der Waals surface area (Å²) in [6.07, 6.45) is 6.03. The standard InChI is InChI=1S/C23H28N2O3S/c1-4-14-28-19-9-7-8-18(16-19)24-22(29)25-23(12-5-6-13-23)17-10-11-20(26-2)21(15-17)27-3/h4,7-11,15-16H,1,5-6,12-14H2,2-3H3,(H2,24,25,29). The SMILES string of the molecule is C=CCOc1cccc(NC(=S)NC2(c3ccc(OC)c(OC)c3)CCCC2)c1. The maximum Gasteiger partial charge on any atom is 0.171 e. The molecule has 1 aliphatic rings. The second-order valence-electron chi connectivity index (χ2n) is 7.07. The zero-order valence-electron chi connectivity index (χ0n) is 17.0. The number of methoxy groups -OCH3 is 2. The van der Waals surface area contributed by atoms with Crippen LogP contribution >= 0.6 is 12.2 Å². The maximum absolute atomic E-state index is 5.65. The molecule has 29 heavy (non-hydrogen) atoms. The summed E-state index contributed by atoms with van der Waals surface area (Å²) >= 11 is 5.65. The van der Waals surface area contributed by atoms with Crippen LogP contribution < -0.4 is 24.8 Å². The summed E-state index contributed by atoms with van der Waals surface area (Å²) < 4.78 is 16.5. The van der Waals surface area contributed by atoms with Crippen LogP contribution in [0.1, 0.15) is 31.2 Å². The van der Waals surface area contributed by atoms with Crippen LogP contribution in [0.5, 0.6) is 17.2 Å². The Hall–Kier alpha value is -2.73. The number of benzene rings is 2. The van der Waals surface area contributed by atoms with Crippen molar-refractivity contribution in [2.75, 3.05) is 26.1 Å². The van der Waals surface area contributed by atoms with Crippen LogP contribution in [0.3, 0.4) is 0 Å². The second-order valence-corrected chi connectivity index (χ2v) is 7.47. The molecule has 0 atom stereocenters. The van der Waals surface area contributed by atoms with Crippen LogP contribution in [-0.2, 0) is 5.54 Å². The average Bonchev–Trinajstić information content (AvgIpc) is 3.21. The molecule has 0 aliphatic heterocycles. The molecule has 6 heteroatoms. The Morgan fingerprint density at radius 3 is 2.55 bits per heavy atom. The molecule has 0 spiro atoms. The number of thiocarbonyl (C=S) groups is 1. The van der Waals surface area contributed by atoms with Gasteiger partial charge < -0.3 is 24.8 Å².